The first kappa shape index (κ1) is 14.5. The maximum atomic E-state index is 4.42. The Morgan fingerprint density at radius 1 is 1.29 bits per heavy atom. The summed E-state index contributed by atoms with van der Waals surface area (Å²) >= 11 is 1.85. The summed E-state index contributed by atoms with van der Waals surface area (Å²) in [6.07, 6.45) is 8.85. The molecule has 2 atom stereocenters. The molecule has 21 heavy (non-hydrogen) atoms. The maximum Gasteiger partial charge on any atom is 0.115 e. The van der Waals surface area contributed by atoms with Crippen molar-refractivity contribution in [3.63, 3.8) is 0 Å². The lowest BCUT2D eigenvalue weighted by molar-refractivity contribution is 0.472. The minimum atomic E-state index is 0.405. The Hall–Kier alpha value is -1.39. The molecule has 0 aliphatic heterocycles. The van der Waals surface area contributed by atoms with Gasteiger partial charge >= 0.3 is 0 Å². The van der Waals surface area contributed by atoms with E-state index >= 15 is 0 Å². The largest absolute Gasteiger partial charge is 0.309 e. The second kappa shape index (κ2) is 7.05. The van der Waals surface area contributed by atoms with Gasteiger partial charge in [0.05, 0.1) is 6.20 Å². The fourth-order valence-electron chi connectivity index (χ4n) is 2.90. The fraction of sp³-hybridized carbons (Fsp3) is 0.412. The monoisotopic (exact) mass is 299 g/mol. The number of nitrogens with one attached hydrogen (secondary N) is 1. The highest BCUT2D eigenvalue weighted by Crippen LogP contribution is 2.39. The predicted octanol–water partition coefficient (Wildman–Crippen LogP) is 3.62. The van der Waals surface area contributed by atoms with Crippen LogP contribution in [0.2, 0.25) is 0 Å². The van der Waals surface area contributed by atoms with Crippen molar-refractivity contribution in [3.05, 3.63) is 54.0 Å². The lowest BCUT2D eigenvalue weighted by Crippen LogP contribution is -2.34. The molecule has 110 valence electrons. The Labute approximate surface area is 130 Å². The van der Waals surface area contributed by atoms with Crippen LogP contribution in [0.25, 0.3) is 0 Å². The van der Waals surface area contributed by atoms with Gasteiger partial charge in [-0.1, -0.05) is 43.0 Å². The van der Waals surface area contributed by atoms with Crippen molar-refractivity contribution in [2.45, 2.75) is 42.5 Å². The summed E-state index contributed by atoms with van der Waals surface area (Å²) in [5.41, 5.74) is 2.95. The van der Waals surface area contributed by atoms with Gasteiger partial charge in [0.15, 0.2) is 0 Å². The number of hydrogen-bond acceptors (Lipinski definition) is 4. The van der Waals surface area contributed by atoms with E-state index < -0.39 is 0 Å². The van der Waals surface area contributed by atoms with E-state index in [2.05, 4.69) is 46.5 Å². The summed E-state index contributed by atoms with van der Waals surface area (Å²) in [7, 11) is 0. The van der Waals surface area contributed by atoms with Crippen molar-refractivity contribution >= 4 is 11.8 Å². The van der Waals surface area contributed by atoms with Crippen molar-refractivity contribution < 1.29 is 0 Å². The first-order valence-electron chi connectivity index (χ1n) is 7.62. The first-order chi connectivity index (χ1) is 10.4. The third-order valence-electron chi connectivity index (χ3n) is 3.89. The lowest BCUT2D eigenvalue weighted by Gasteiger charge is -2.33. The van der Waals surface area contributed by atoms with Gasteiger partial charge in [-0.2, -0.15) is 0 Å². The van der Waals surface area contributed by atoms with E-state index in [4.69, 9.17) is 0 Å². The molecule has 2 aromatic rings. The Morgan fingerprint density at radius 3 is 3.00 bits per heavy atom. The second-order valence-electron chi connectivity index (χ2n) is 5.37. The standard InChI is InChI=1S/C17H21N3S/c1-2-9-20-17-14-6-4-3-5-13(14)7-8-15(17)21-16-12-18-10-11-19-16/h3-6,10-12,15,17,20H,2,7-9H2,1H3. The molecule has 0 saturated heterocycles. The van der Waals surface area contributed by atoms with Crippen LogP contribution >= 0.6 is 11.8 Å². The molecular weight excluding hydrogens is 278 g/mol. The summed E-state index contributed by atoms with van der Waals surface area (Å²) in [6, 6.07) is 9.23. The normalized spacial score (nSPS) is 21.0. The molecular formula is C17H21N3S. The average molecular weight is 299 g/mol. The molecule has 1 aliphatic rings. The van der Waals surface area contributed by atoms with Crippen LogP contribution in [-0.2, 0) is 6.42 Å². The van der Waals surface area contributed by atoms with E-state index in [1.807, 2.05) is 18.0 Å². The lowest BCUT2D eigenvalue weighted by atomic mass is 9.87. The van der Waals surface area contributed by atoms with Crippen molar-refractivity contribution in [2.24, 2.45) is 0 Å². The van der Waals surface area contributed by atoms with Crippen LogP contribution < -0.4 is 5.32 Å². The number of thioether (sulfide) groups is 1. The summed E-state index contributed by atoms with van der Waals surface area (Å²) in [5, 5.41) is 5.26. The average Bonchev–Trinajstić information content (AvgIpc) is 2.55. The van der Waals surface area contributed by atoms with Gasteiger partial charge in [-0.25, -0.2) is 4.98 Å². The minimum absolute atomic E-state index is 0.405. The number of fused-ring (bicyclic) bond motifs is 1. The third-order valence-corrected chi connectivity index (χ3v) is 5.15. The molecule has 1 aromatic carbocycles. The van der Waals surface area contributed by atoms with E-state index in [0.29, 0.717) is 11.3 Å². The smallest absolute Gasteiger partial charge is 0.115 e. The molecule has 4 heteroatoms. The molecule has 0 saturated carbocycles. The summed E-state index contributed by atoms with van der Waals surface area (Å²) in [4.78, 5) is 8.59. The number of hydrogen-bond donors (Lipinski definition) is 1. The Morgan fingerprint density at radius 2 is 2.19 bits per heavy atom. The van der Waals surface area contributed by atoms with Gasteiger partial charge in [-0.15, -0.1) is 0 Å². The molecule has 1 heterocycles. The molecule has 1 aliphatic carbocycles. The van der Waals surface area contributed by atoms with Gasteiger partial charge in [0.25, 0.3) is 0 Å². The van der Waals surface area contributed by atoms with Crippen molar-refractivity contribution in [3.8, 4) is 0 Å². The molecule has 0 spiro atoms. The second-order valence-corrected chi connectivity index (χ2v) is 6.63. The SMILES string of the molecule is CCCNC1c2ccccc2CCC1Sc1cnccn1. The molecule has 3 rings (SSSR count). The van der Waals surface area contributed by atoms with Gasteiger partial charge in [-0.3, -0.25) is 4.98 Å². The quantitative estimate of drug-likeness (QED) is 0.915. The van der Waals surface area contributed by atoms with Crippen LogP contribution in [0.5, 0.6) is 0 Å². The van der Waals surface area contributed by atoms with Crippen molar-refractivity contribution in [2.75, 3.05) is 6.54 Å². The van der Waals surface area contributed by atoms with Crippen LogP contribution in [-0.4, -0.2) is 21.8 Å². The first-order valence-corrected chi connectivity index (χ1v) is 8.50. The van der Waals surface area contributed by atoms with Crippen molar-refractivity contribution in [1.29, 1.82) is 0 Å². The van der Waals surface area contributed by atoms with Crippen LogP contribution in [0.1, 0.15) is 36.9 Å². The van der Waals surface area contributed by atoms with Crippen LogP contribution in [0.15, 0.2) is 47.9 Å². The molecule has 3 nitrogen and oxygen atoms in total. The zero-order chi connectivity index (χ0) is 14.5. The van der Waals surface area contributed by atoms with Crippen LogP contribution in [0.3, 0.4) is 0 Å². The Balaban J connectivity index is 1.82. The van der Waals surface area contributed by atoms with Gasteiger partial charge in [0.2, 0.25) is 0 Å². The van der Waals surface area contributed by atoms with Gasteiger partial charge < -0.3 is 5.32 Å². The molecule has 1 aromatic heterocycles. The van der Waals surface area contributed by atoms with Gasteiger partial charge in [0.1, 0.15) is 5.03 Å². The maximum absolute atomic E-state index is 4.42. The van der Waals surface area contributed by atoms with E-state index in [0.717, 1.165) is 24.4 Å². The van der Waals surface area contributed by atoms with Crippen LogP contribution in [0, 0.1) is 0 Å². The number of aryl methyl sites for hydroxylation is 1. The van der Waals surface area contributed by atoms with E-state index in [9.17, 15) is 0 Å². The van der Waals surface area contributed by atoms with Gasteiger partial charge in [-0.05, 0) is 36.9 Å². The molecule has 0 amide bonds. The van der Waals surface area contributed by atoms with Gasteiger partial charge in [0, 0.05) is 23.7 Å². The number of nitrogens with zero attached hydrogens (tertiary/aromatic N) is 2. The zero-order valence-corrected chi connectivity index (χ0v) is 13.1. The molecule has 1 N–H and O–H groups in total. The Kier molecular flexibility index (Phi) is 4.88. The zero-order valence-electron chi connectivity index (χ0n) is 12.3. The Bertz CT molecular complexity index is 573. The van der Waals surface area contributed by atoms with Crippen LogP contribution in [0.4, 0.5) is 0 Å². The molecule has 0 fully saturated rings. The minimum Gasteiger partial charge on any atom is -0.309 e. The third kappa shape index (κ3) is 3.44. The summed E-state index contributed by atoms with van der Waals surface area (Å²) in [6.45, 7) is 3.27. The molecule has 2 unspecified atom stereocenters. The summed E-state index contributed by atoms with van der Waals surface area (Å²) in [5.74, 6) is 0. The highest BCUT2D eigenvalue weighted by atomic mass is 32.2. The van der Waals surface area contributed by atoms with E-state index in [1.165, 1.54) is 17.5 Å². The topological polar surface area (TPSA) is 37.8 Å². The number of benzene rings is 1. The predicted molar refractivity (Wildman–Crippen MR) is 87.5 cm³/mol. The van der Waals surface area contributed by atoms with E-state index in [1.54, 1.807) is 12.4 Å². The molecule has 0 radical (unpaired) electrons. The number of rotatable bonds is 5. The highest BCUT2D eigenvalue weighted by molar-refractivity contribution is 7.99. The van der Waals surface area contributed by atoms with E-state index in [-0.39, 0.29) is 0 Å². The molecule has 0 bridgehead atoms. The highest BCUT2D eigenvalue weighted by Gasteiger charge is 2.29. The number of aromatic nitrogens is 2. The van der Waals surface area contributed by atoms with Crippen molar-refractivity contribution in [1.82, 2.24) is 15.3 Å². The summed E-state index contributed by atoms with van der Waals surface area (Å²) < 4.78 is 0. The fourth-order valence-corrected chi connectivity index (χ4v) is 4.07.